The molecule has 2 rings (SSSR count). The van der Waals surface area contributed by atoms with Crippen LogP contribution in [0.25, 0.3) is 0 Å². The number of benzene rings is 1. The maximum atomic E-state index is 12.0. The molecule has 0 aliphatic carbocycles. The Balaban J connectivity index is 1.76. The van der Waals surface area contributed by atoms with Gasteiger partial charge in [0.25, 0.3) is 0 Å². The molecule has 0 aromatic heterocycles. The van der Waals surface area contributed by atoms with Gasteiger partial charge in [-0.25, -0.2) is 0 Å². The second-order valence-corrected chi connectivity index (χ2v) is 5.07. The van der Waals surface area contributed by atoms with Crippen LogP contribution < -0.4 is 15.8 Å². The molecular weight excluding hydrogens is 270 g/mol. The Morgan fingerprint density at radius 1 is 1.43 bits per heavy atom. The van der Waals surface area contributed by atoms with Crippen molar-refractivity contribution in [2.75, 3.05) is 51.0 Å². The maximum absolute atomic E-state index is 12.0. The van der Waals surface area contributed by atoms with Crippen LogP contribution in [0.15, 0.2) is 18.2 Å². The molecule has 0 atom stereocenters. The lowest BCUT2D eigenvalue weighted by Crippen LogP contribution is -2.37. The molecule has 116 valence electrons. The summed E-state index contributed by atoms with van der Waals surface area (Å²) in [6, 6.07) is 5.20. The highest BCUT2D eigenvalue weighted by molar-refractivity contribution is 5.92. The molecular formula is C15H23N3O3. The molecule has 6 nitrogen and oxygen atoms in total. The minimum Gasteiger partial charge on any atom is -0.494 e. The Kier molecular flexibility index (Phi) is 5.83. The van der Waals surface area contributed by atoms with Crippen molar-refractivity contribution in [2.24, 2.45) is 0 Å². The van der Waals surface area contributed by atoms with Crippen molar-refractivity contribution in [3.63, 3.8) is 0 Å². The normalized spacial score (nSPS) is 15.7. The van der Waals surface area contributed by atoms with E-state index in [-0.39, 0.29) is 5.91 Å². The third-order valence-corrected chi connectivity index (χ3v) is 3.48. The first-order valence-electron chi connectivity index (χ1n) is 7.22. The summed E-state index contributed by atoms with van der Waals surface area (Å²) in [6.45, 7) is 4.40. The number of carbonyl (C=O) groups is 1. The summed E-state index contributed by atoms with van der Waals surface area (Å²) < 4.78 is 10.5. The summed E-state index contributed by atoms with van der Waals surface area (Å²) in [5, 5.41) is 2.86. The number of nitrogens with zero attached hydrogens (tertiary/aromatic N) is 1. The van der Waals surface area contributed by atoms with E-state index >= 15 is 0 Å². The quantitative estimate of drug-likeness (QED) is 0.774. The van der Waals surface area contributed by atoms with Crippen LogP contribution in [0, 0.1) is 0 Å². The molecule has 3 N–H and O–H groups in total. The van der Waals surface area contributed by atoms with Crippen molar-refractivity contribution in [3.8, 4) is 5.75 Å². The monoisotopic (exact) mass is 293 g/mol. The van der Waals surface area contributed by atoms with E-state index in [1.807, 2.05) is 0 Å². The summed E-state index contributed by atoms with van der Waals surface area (Å²) in [7, 11) is 1.56. The van der Waals surface area contributed by atoms with Gasteiger partial charge in [0.1, 0.15) is 5.75 Å². The lowest BCUT2D eigenvalue weighted by molar-refractivity contribution is -0.116. The molecule has 0 saturated carbocycles. The summed E-state index contributed by atoms with van der Waals surface area (Å²) in [5.74, 6) is 0.572. The number of nitrogens with one attached hydrogen (secondary N) is 1. The summed E-state index contributed by atoms with van der Waals surface area (Å²) in [4.78, 5) is 14.3. The van der Waals surface area contributed by atoms with Gasteiger partial charge >= 0.3 is 0 Å². The molecule has 1 heterocycles. The van der Waals surface area contributed by atoms with Crippen molar-refractivity contribution >= 4 is 17.3 Å². The number of morpholine rings is 1. The Hall–Kier alpha value is -1.79. The molecule has 1 aliphatic heterocycles. The van der Waals surface area contributed by atoms with Crippen LogP contribution in [0.2, 0.25) is 0 Å². The van der Waals surface area contributed by atoms with Gasteiger partial charge in [0.2, 0.25) is 5.91 Å². The van der Waals surface area contributed by atoms with E-state index in [4.69, 9.17) is 15.2 Å². The number of ether oxygens (including phenoxy) is 2. The molecule has 0 spiro atoms. The van der Waals surface area contributed by atoms with Crippen LogP contribution in [-0.2, 0) is 9.53 Å². The molecule has 1 aliphatic rings. The van der Waals surface area contributed by atoms with Crippen LogP contribution in [0.4, 0.5) is 11.4 Å². The van der Waals surface area contributed by atoms with Crippen molar-refractivity contribution in [2.45, 2.75) is 12.8 Å². The minimum absolute atomic E-state index is 0.00803. The fourth-order valence-electron chi connectivity index (χ4n) is 2.31. The number of methoxy groups -OCH3 is 1. The zero-order valence-electron chi connectivity index (χ0n) is 12.4. The fraction of sp³-hybridized carbons (Fsp3) is 0.533. The van der Waals surface area contributed by atoms with Crippen LogP contribution in [-0.4, -0.2) is 50.8 Å². The van der Waals surface area contributed by atoms with Crippen molar-refractivity contribution < 1.29 is 14.3 Å². The van der Waals surface area contributed by atoms with Crippen molar-refractivity contribution in [3.05, 3.63) is 18.2 Å². The summed E-state index contributed by atoms with van der Waals surface area (Å²) >= 11 is 0. The molecule has 0 radical (unpaired) electrons. The van der Waals surface area contributed by atoms with Gasteiger partial charge in [0.15, 0.2) is 0 Å². The van der Waals surface area contributed by atoms with E-state index in [0.29, 0.717) is 23.5 Å². The van der Waals surface area contributed by atoms with Gasteiger partial charge in [-0.2, -0.15) is 0 Å². The van der Waals surface area contributed by atoms with E-state index < -0.39 is 0 Å². The largest absolute Gasteiger partial charge is 0.494 e. The zero-order valence-corrected chi connectivity index (χ0v) is 12.4. The van der Waals surface area contributed by atoms with Crippen molar-refractivity contribution in [1.29, 1.82) is 0 Å². The van der Waals surface area contributed by atoms with Crippen molar-refractivity contribution in [1.82, 2.24) is 4.90 Å². The van der Waals surface area contributed by atoms with Crippen LogP contribution in [0.5, 0.6) is 5.75 Å². The van der Waals surface area contributed by atoms with Gasteiger partial charge < -0.3 is 20.5 Å². The number of nitrogen functional groups attached to an aromatic ring is 1. The van der Waals surface area contributed by atoms with Gasteiger partial charge in [-0.15, -0.1) is 0 Å². The Morgan fingerprint density at radius 3 is 2.90 bits per heavy atom. The first kappa shape index (κ1) is 15.6. The molecule has 21 heavy (non-hydrogen) atoms. The second-order valence-electron chi connectivity index (χ2n) is 5.07. The molecule has 1 aromatic carbocycles. The predicted molar refractivity (Wildman–Crippen MR) is 82.5 cm³/mol. The highest BCUT2D eigenvalue weighted by Crippen LogP contribution is 2.26. The SMILES string of the molecule is COc1cc(N)ccc1NC(=O)CCCN1CCOCC1. The average molecular weight is 293 g/mol. The number of hydrogen-bond acceptors (Lipinski definition) is 5. The molecule has 0 unspecified atom stereocenters. The lowest BCUT2D eigenvalue weighted by Gasteiger charge is -2.26. The van der Waals surface area contributed by atoms with E-state index in [1.165, 1.54) is 0 Å². The van der Waals surface area contributed by atoms with Gasteiger partial charge in [0, 0.05) is 31.3 Å². The highest BCUT2D eigenvalue weighted by Gasteiger charge is 2.11. The smallest absolute Gasteiger partial charge is 0.224 e. The third kappa shape index (κ3) is 4.91. The van der Waals surface area contributed by atoms with Crippen LogP contribution >= 0.6 is 0 Å². The van der Waals surface area contributed by atoms with E-state index in [0.717, 1.165) is 39.3 Å². The highest BCUT2D eigenvalue weighted by atomic mass is 16.5. The number of anilines is 2. The summed E-state index contributed by atoms with van der Waals surface area (Å²) in [5.41, 5.74) is 6.95. The topological polar surface area (TPSA) is 76.8 Å². The van der Waals surface area contributed by atoms with Gasteiger partial charge in [-0.05, 0) is 25.1 Å². The standard InChI is InChI=1S/C15H23N3O3/c1-20-14-11-12(16)4-5-13(14)17-15(19)3-2-6-18-7-9-21-10-8-18/h4-5,11H,2-3,6-10,16H2,1H3,(H,17,19). The second kappa shape index (κ2) is 7.85. The molecule has 1 aromatic rings. The number of hydrogen-bond donors (Lipinski definition) is 2. The zero-order chi connectivity index (χ0) is 15.1. The van der Waals surface area contributed by atoms with Gasteiger partial charge in [-0.1, -0.05) is 0 Å². The predicted octanol–water partition coefficient (Wildman–Crippen LogP) is 1.33. The van der Waals surface area contributed by atoms with Crippen LogP contribution in [0.3, 0.4) is 0 Å². The number of nitrogens with two attached hydrogens (primary N) is 1. The molecule has 1 fully saturated rings. The third-order valence-electron chi connectivity index (χ3n) is 3.48. The van der Waals surface area contributed by atoms with Crippen LogP contribution in [0.1, 0.15) is 12.8 Å². The lowest BCUT2D eigenvalue weighted by atomic mass is 10.2. The van der Waals surface area contributed by atoms with E-state index in [1.54, 1.807) is 25.3 Å². The number of carbonyl (C=O) groups excluding carboxylic acids is 1. The minimum atomic E-state index is -0.00803. The van der Waals surface area contributed by atoms with Gasteiger partial charge in [-0.3, -0.25) is 9.69 Å². The Labute approximate surface area is 125 Å². The first-order chi connectivity index (χ1) is 10.2. The van der Waals surface area contributed by atoms with Gasteiger partial charge in [0.05, 0.1) is 26.0 Å². The average Bonchev–Trinajstić information content (AvgIpc) is 2.50. The number of rotatable bonds is 6. The Morgan fingerprint density at radius 2 is 2.19 bits per heavy atom. The molecule has 1 amide bonds. The number of amides is 1. The first-order valence-corrected chi connectivity index (χ1v) is 7.22. The van der Waals surface area contributed by atoms with E-state index in [2.05, 4.69) is 10.2 Å². The maximum Gasteiger partial charge on any atom is 0.224 e. The Bertz CT molecular complexity index is 473. The summed E-state index contributed by atoms with van der Waals surface area (Å²) in [6.07, 6.45) is 1.33. The molecule has 6 heteroatoms. The van der Waals surface area contributed by atoms with E-state index in [9.17, 15) is 4.79 Å². The fourth-order valence-corrected chi connectivity index (χ4v) is 2.31. The molecule has 0 bridgehead atoms. The molecule has 1 saturated heterocycles.